The van der Waals surface area contributed by atoms with Gasteiger partial charge in [0.1, 0.15) is 41.7 Å². The van der Waals surface area contributed by atoms with E-state index in [1.165, 1.54) is 23.6 Å². The van der Waals surface area contributed by atoms with Crippen molar-refractivity contribution in [3.63, 3.8) is 0 Å². The van der Waals surface area contributed by atoms with Crippen LogP contribution < -0.4 is 9.47 Å². The molecule has 0 aliphatic heterocycles. The van der Waals surface area contributed by atoms with Gasteiger partial charge in [-0.3, -0.25) is 19.2 Å². The summed E-state index contributed by atoms with van der Waals surface area (Å²) in [7, 11) is 2.91. The fraction of sp³-hybridized carbons (Fsp3) is 0.222. The fourth-order valence-corrected chi connectivity index (χ4v) is 5.56. The van der Waals surface area contributed by atoms with E-state index in [2.05, 4.69) is 25.6 Å². The first-order chi connectivity index (χ1) is 25.2. The molecule has 0 fully saturated rings. The summed E-state index contributed by atoms with van der Waals surface area (Å²) in [6, 6.07) is 15.1. The molecular formula is C36H34N8O8. The lowest BCUT2D eigenvalue weighted by Gasteiger charge is -2.13. The second kappa shape index (κ2) is 15.4. The van der Waals surface area contributed by atoms with Crippen molar-refractivity contribution >= 4 is 23.5 Å². The highest BCUT2D eigenvalue weighted by molar-refractivity contribution is 6.13. The molecule has 2 aromatic carbocycles. The van der Waals surface area contributed by atoms with Crippen LogP contribution >= 0.6 is 0 Å². The highest BCUT2D eigenvalue weighted by atomic mass is 16.5. The van der Waals surface area contributed by atoms with Gasteiger partial charge in [0.05, 0.1) is 62.3 Å². The van der Waals surface area contributed by atoms with Crippen molar-refractivity contribution < 1.29 is 38.1 Å². The first-order valence-corrected chi connectivity index (χ1v) is 16.2. The van der Waals surface area contributed by atoms with Gasteiger partial charge in [-0.25, -0.2) is 9.36 Å². The van der Waals surface area contributed by atoms with Crippen molar-refractivity contribution in [3.8, 4) is 39.7 Å². The van der Waals surface area contributed by atoms with Crippen LogP contribution in [0.1, 0.15) is 46.0 Å². The molecule has 16 heteroatoms. The normalized spacial score (nSPS) is 10.9. The molecule has 0 amide bonds. The van der Waals surface area contributed by atoms with Crippen molar-refractivity contribution in [1.82, 2.24) is 39.5 Å². The van der Waals surface area contributed by atoms with Gasteiger partial charge in [-0.1, -0.05) is 22.6 Å². The summed E-state index contributed by atoms with van der Waals surface area (Å²) in [6.07, 6.45) is 6.51. The number of rotatable bonds is 15. The van der Waals surface area contributed by atoms with Crippen LogP contribution in [0.3, 0.4) is 0 Å². The third-order valence-electron chi connectivity index (χ3n) is 7.95. The Kier molecular flexibility index (Phi) is 10.3. The summed E-state index contributed by atoms with van der Waals surface area (Å²) in [6.45, 7) is 3.79. The van der Waals surface area contributed by atoms with Crippen molar-refractivity contribution in [2.75, 3.05) is 27.4 Å². The lowest BCUT2D eigenvalue weighted by Crippen LogP contribution is -2.13. The molecule has 0 aliphatic rings. The van der Waals surface area contributed by atoms with Crippen LogP contribution in [0.5, 0.6) is 11.5 Å². The molecule has 266 valence electrons. The second-order valence-corrected chi connectivity index (χ2v) is 11.2. The molecule has 0 unspecified atom stereocenters. The molecule has 0 spiro atoms. The summed E-state index contributed by atoms with van der Waals surface area (Å²) in [5.41, 5.74) is 3.70. The van der Waals surface area contributed by atoms with Gasteiger partial charge in [-0.05, 0) is 56.3 Å². The fourth-order valence-electron chi connectivity index (χ4n) is 5.56. The number of esters is 2. The Balaban J connectivity index is 1.24. The van der Waals surface area contributed by atoms with E-state index in [0.29, 0.717) is 34.0 Å². The Hall–Kier alpha value is -6.84. The van der Waals surface area contributed by atoms with Gasteiger partial charge in [0.25, 0.3) is 0 Å². The number of carbonyl (C=O) groups is 4. The number of hydrogen-bond donors (Lipinski definition) is 1. The summed E-state index contributed by atoms with van der Waals surface area (Å²) in [4.78, 5) is 54.7. The van der Waals surface area contributed by atoms with Crippen LogP contribution in [0.4, 0.5) is 0 Å². The highest BCUT2D eigenvalue weighted by Gasteiger charge is 2.25. The molecule has 4 aromatic heterocycles. The molecule has 0 bridgehead atoms. The smallest absolute Gasteiger partial charge is 0.327 e. The molecule has 4 heterocycles. The average molecular weight is 707 g/mol. The van der Waals surface area contributed by atoms with E-state index in [4.69, 9.17) is 18.9 Å². The zero-order chi connectivity index (χ0) is 36.8. The Morgan fingerprint density at radius 2 is 1.25 bits per heavy atom. The minimum absolute atomic E-state index is 0.0863. The second-order valence-electron chi connectivity index (χ2n) is 11.2. The maximum Gasteiger partial charge on any atom is 0.327 e. The zero-order valence-electron chi connectivity index (χ0n) is 28.7. The van der Waals surface area contributed by atoms with Crippen molar-refractivity contribution in [1.29, 1.82) is 0 Å². The largest absolute Gasteiger partial charge is 0.496 e. The third kappa shape index (κ3) is 7.21. The Morgan fingerprint density at radius 1 is 0.712 bits per heavy atom. The number of benzene rings is 2. The van der Waals surface area contributed by atoms with Gasteiger partial charge >= 0.3 is 11.9 Å². The number of carbonyl (C=O) groups excluding carboxylic acids is 4. The van der Waals surface area contributed by atoms with Crippen molar-refractivity contribution in [2.45, 2.75) is 26.9 Å². The van der Waals surface area contributed by atoms with Crippen LogP contribution in [0.15, 0.2) is 79.4 Å². The van der Waals surface area contributed by atoms with Gasteiger partial charge in [-0.15, -0.1) is 10.2 Å². The topological polar surface area (TPSA) is 187 Å². The van der Waals surface area contributed by atoms with Crippen LogP contribution in [0.25, 0.3) is 28.2 Å². The number of aromatic amines is 1. The van der Waals surface area contributed by atoms with Crippen LogP contribution in [0, 0.1) is 0 Å². The molecule has 0 radical (unpaired) electrons. The van der Waals surface area contributed by atoms with E-state index in [1.54, 1.807) is 97.8 Å². The maximum absolute atomic E-state index is 14.0. The predicted molar refractivity (Wildman–Crippen MR) is 184 cm³/mol. The van der Waals surface area contributed by atoms with Crippen LogP contribution in [-0.2, 0) is 32.2 Å². The Morgan fingerprint density at radius 3 is 1.77 bits per heavy atom. The molecule has 52 heavy (non-hydrogen) atoms. The maximum atomic E-state index is 14.0. The Labute approximate surface area is 296 Å². The average Bonchev–Trinajstić information content (AvgIpc) is 3.98. The number of ketones is 2. The van der Waals surface area contributed by atoms with E-state index >= 15 is 0 Å². The molecule has 6 rings (SSSR count). The predicted octanol–water partition coefficient (Wildman–Crippen LogP) is 3.93. The SMILES string of the molecule is CCOC(=O)Cn1cc(-c2ccc(C(=O)c3[nH]ccc3-n3cccc3C(=O)c3ccc(-c4cn(CC(=O)OCC)nn4)cc3OC)c(OC)c2)nn1. The number of aromatic nitrogens is 8. The standard InChI is InChI=1S/C36H34N8O8/c1-5-51-32(45)20-42-18-26(38-40-42)22-9-11-24(30(16-22)49-3)35(47)29-8-7-15-44(29)28-13-14-37-34(28)36(48)25-12-10-23(17-31(25)50-4)27-19-43(41-39-27)21-33(46)52-6-2/h7-19,37H,5-6,20-21H2,1-4H3. The minimum Gasteiger partial charge on any atom is -0.496 e. The number of methoxy groups -OCH3 is 2. The molecule has 1 N–H and O–H groups in total. The number of nitrogens with zero attached hydrogens (tertiary/aromatic N) is 7. The first-order valence-electron chi connectivity index (χ1n) is 16.2. The van der Waals surface area contributed by atoms with Crippen molar-refractivity contribution in [2.24, 2.45) is 0 Å². The number of H-pyrrole nitrogens is 1. The third-order valence-corrected chi connectivity index (χ3v) is 7.95. The van der Waals surface area contributed by atoms with E-state index in [9.17, 15) is 19.2 Å². The zero-order valence-corrected chi connectivity index (χ0v) is 28.7. The molecule has 0 saturated carbocycles. The van der Waals surface area contributed by atoms with Gasteiger partial charge in [0, 0.05) is 23.5 Å². The molecule has 16 nitrogen and oxygen atoms in total. The summed E-state index contributed by atoms with van der Waals surface area (Å²) < 4.78 is 25.5. The van der Waals surface area contributed by atoms with Gasteiger partial charge in [-0.2, -0.15) is 0 Å². The van der Waals surface area contributed by atoms with Crippen LogP contribution in [-0.4, -0.2) is 90.5 Å². The van der Waals surface area contributed by atoms with E-state index in [1.807, 2.05) is 0 Å². The number of hydrogen-bond acceptors (Lipinski definition) is 12. The molecule has 6 aromatic rings. The molecule has 0 atom stereocenters. The molecule has 0 saturated heterocycles. The lowest BCUT2D eigenvalue weighted by molar-refractivity contribution is -0.145. The molecule has 0 aliphatic carbocycles. The van der Waals surface area contributed by atoms with Crippen LogP contribution in [0.2, 0.25) is 0 Å². The van der Waals surface area contributed by atoms with E-state index < -0.39 is 11.9 Å². The van der Waals surface area contributed by atoms with Gasteiger partial charge in [0.2, 0.25) is 11.6 Å². The quantitative estimate of drug-likeness (QED) is 0.120. The monoisotopic (exact) mass is 706 g/mol. The van der Waals surface area contributed by atoms with Crippen molar-refractivity contribution in [3.05, 3.63) is 102 Å². The summed E-state index contributed by atoms with van der Waals surface area (Å²) in [5, 5.41) is 16.3. The molecular weight excluding hydrogens is 672 g/mol. The Bertz CT molecular complexity index is 2100. The number of ether oxygens (including phenoxy) is 4. The number of nitrogens with one attached hydrogen (secondary N) is 1. The lowest BCUT2D eigenvalue weighted by atomic mass is 10.0. The summed E-state index contributed by atoms with van der Waals surface area (Å²) >= 11 is 0. The van der Waals surface area contributed by atoms with Gasteiger partial charge in [0.15, 0.2) is 0 Å². The highest BCUT2D eigenvalue weighted by Crippen LogP contribution is 2.32. The van der Waals surface area contributed by atoms with E-state index in [-0.39, 0.29) is 66.1 Å². The first kappa shape index (κ1) is 35.0. The summed E-state index contributed by atoms with van der Waals surface area (Å²) in [5.74, 6) is -1.01. The van der Waals surface area contributed by atoms with Gasteiger partial charge < -0.3 is 28.5 Å². The minimum atomic E-state index is -0.435. The van der Waals surface area contributed by atoms with E-state index in [0.717, 1.165) is 0 Å².